The molecule has 5 nitrogen and oxygen atoms in total. The second kappa shape index (κ2) is 6.91. The van der Waals surface area contributed by atoms with Crippen LogP contribution >= 0.6 is 23.1 Å². The Morgan fingerprint density at radius 3 is 3.11 bits per heavy atom. The third-order valence-electron chi connectivity index (χ3n) is 2.71. The summed E-state index contributed by atoms with van der Waals surface area (Å²) in [6, 6.07) is 0. The molecule has 0 aromatic carbocycles. The van der Waals surface area contributed by atoms with Crippen LogP contribution in [0.25, 0.3) is 0 Å². The largest absolute Gasteiger partial charge is 0.466 e. The second-order valence-electron chi connectivity index (χ2n) is 4.18. The van der Waals surface area contributed by atoms with E-state index in [1.54, 1.807) is 24.1 Å². The molecule has 2 heterocycles. The quantitative estimate of drug-likeness (QED) is 0.842. The lowest BCUT2D eigenvalue weighted by Gasteiger charge is -2.06. The third-order valence-corrected chi connectivity index (χ3v) is 4.68. The molecule has 104 valence electrons. The van der Waals surface area contributed by atoms with Crippen molar-refractivity contribution in [1.29, 1.82) is 0 Å². The number of thiazole rings is 1. The van der Waals surface area contributed by atoms with Gasteiger partial charge in [-0.3, -0.25) is 9.59 Å². The smallest absolute Gasteiger partial charge is 0.311 e. The predicted molar refractivity (Wildman–Crippen MR) is 76.5 cm³/mol. The SMILES string of the molecule is CCOC(=O)Cc1csc(NC(=O)C2CCSC2)n1. The van der Waals surface area contributed by atoms with E-state index >= 15 is 0 Å². The van der Waals surface area contributed by atoms with E-state index in [1.165, 1.54) is 11.3 Å². The molecule has 1 saturated heterocycles. The monoisotopic (exact) mass is 300 g/mol. The van der Waals surface area contributed by atoms with Crippen LogP contribution in [0.15, 0.2) is 5.38 Å². The van der Waals surface area contributed by atoms with Crippen LogP contribution < -0.4 is 5.32 Å². The van der Waals surface area contributed by atoms with Crippen molar-refractivity contribution in [2.45, 2.75) is 19.8 Å². The van der Waals surface area contributed by atoms with Gasteiger partial charge in [0.05, 0.1) is 18.7 Å². The molecule has 1 aliphatic heterocycles. The zero-order chi connectivity index (χ0) is 13.7. The molecule has 1 atom stereocenters. The molecule has 19 heavy (non-hydrogen) atoms. The molecule has 1 aromatic heterocycles. The van der Waals surface area contributed by atoms with Gasteiger partial charge in [0.15, 0.2) is 5.13 Å². The minimum absolute atomic E-state index is 0.0297. The Morgan fingerprint density at radius 1 is 1.58 bits per heavy atom. The molecule has 1 fully saturated rings. The Labute approximate surface area is 120 Å². The first-order chi connectivity index (χ1) is 9.19. The number of carbonyl (C=O) groups excluding carboxylic acids is 2. The van der Waals surface area contributed by atoms with Gasteiger partial charge in [-0.1, -0.05) is 0 Å². The van der Waals surface area contributed by atoms with E-state index in [2.05, 4.69) is 10.3 Å². The second-order valence-corrected chi connectivity index (χ2v) is 6.18. The average Bonchev–Trinajstić information content (AvgIpc) is 3.00. The summed E-state index contributed by atoms with van der Waals surface area (Å²) in [4.78, 5) is 27.4. The van der Waals surface area contributed by atoms with Gasteiger partial charge in [0.1, 0.15) is 0 Å². The molecule has 1 N–H and O–H groups in total. The van der Waals surface area contributed by atoms with E-state index in [9.17, 15) is 9.59 Å². The minimum Gasteiger partial charge on any atom is -0.466 e. The van der Waals surface area contributed by atoms with Gasteiger partial charge in [0, 0.05) is 17.1 Å². The highest BCUT2D eigenvalue weighted by Gasteiger charge is 2.23. The molecule has 0 saturated carbocycles. The summed E-state index contributed by atoms with van der Waals surface area (Å²) >= 11 is 3.14. The number of anilines is 1. The summed E-state index contributed by atoms with van der Waals surface area (Å²) in [6.45, 7) is 2.14. The normalized spacial score (nSPS) is 18.3. The lowest BCUT2D eigenvalue weighted by Crippen LogP contribution is -2.22. The summed E-state index contributed by atoms with van der Waals surface area (Å²) in [5.41, 5.74) is 0.638. The van der Waals surface area contributed by atoms with E-state index < -0.39 is 0 Å². The topological polar surface area (TPSA) is 68.3 Å². The number of esters is 1. The van der Waals surface area contributed by atoms with Crippen LogP contribution in [0.5, 0.6) is 0 Å². The molecule has 0 radical (unpaired) electrons. The summed E-state index contributed by atoms with van der Waals surface area (Å²) < 4.78 is 4.85. The highest BCUT2D eigenvalue weighted by molar-refractivity contribution is 7.99. The summed E-state index contributed by atoms with van der Waals surface area (Å²) in [6.07, 6.45) is 1.08. The Hall–Kier alpha value is -1.08. The average molecular weight is 300 g/mol. The standard InChI is InChI=1S/C12H16N2O3S2/c1-2-17-10(15)5-9-7-19-12(13-9)14-11(16)8-3-4-18-6-8/h7-8H,2-6H2,1H3,(H,13,14,16). The maximum absolute atomic E-state index is 11.9. The number of thioether (sulfide) groups is 1. The zero-order valence-corrected chi connectivity index (χ0v) is 12.3. The molecule has 1 amide bonds. The summed E-state index contributed by atoms with van der Waals surface area (Å²) in [5.74, 6) is 1.75. The van der Waals surface area contributed by atoms with Gasteiger partial charge in [-0.15, -0.1) is 11.3 Å². The fourth-order valence-electron chi connectivity index (χ4n) is 1.75. The Kier molecular flexibility index (Phi) is 5.21. The first kappa shape index (κ1) is 14.3. The van der Waals surface area contributed by atoms with E-state index in [0.29, 0.717) is 17.4 Å². The van der Waals surface area contributed by atoms with Gasteiger partial charge in [-0.25, -0.2) is 4.98 Å². The van der Waals surface area contributed by atoms with Crippen molar-refractivity contribution >= 4 is 40.1 Å². The summed E-state index contributed by atoms with van der Waals surface area (Å²) in [7, 11) is 0. The van der Waals surface area contributed by atoms with E-state index in [0.717, 1.165) is 17.9 Å². The number of amides is 1. The highest BCUT2D eigenvalue weighted by Crippen LogP contribution is 2.25. The van der Waals surface area contributed by atoms with Crippen molar-refractivity contribution in [2.24, 2.45) is 5.92 Å². The molecule has 1 unspecified atom stereocenters. The van der Waals surface area contributed by atoms with Crippen LogP contribution in [-0.4, -0.2) is 35.0 Å². The first-order valence-corrected chi connectivity index (χ1v) is 8.21. The maximum atomic E-state index is 11.9. The number of carbonyl (C=O) groups is 2. The molecular formula is C12H16N2O3S2. The van der Waals surface area contributed by atoms with E-state index in [-0.39, 0.29) is 24.2 Å². The number of aromatic nitrogens is 1. The number of ether oxygens (including phenoxy) is 1. The van der Waals surface area contributed by atoms with Crippen molar-refractivity contribution in [2.75, 3.05) is 23.4 Å². The first-order valence-electron chi connectivity index (χ1n) is 6.17. The van der Waals surface area contributed by atoms with Crippen LogP contribution in [0.3, 0.4) is 0 Å². The molecule has 0 bridgehead atoms. The van der Waals surface area contributed by atoms with Crippen LogP contribution in [0.1, 0.15) is 19.0 Å². The lowest BCUT2D eigenvalue weighted by atomic mass is 10.1. The Bertz CT molecular complexity index is 456. The van der Waals surface area contributed by atoms with Crippen molar-refractivity contribution in [1.82, 2.24) is 4.98 Å². The van der Waals surface area contributed by atoms with Gasteiger partial charge >= 0.3 is 5.97 Å². The molecule has 2 rings (SSSR count). The molecular weight excluding hydrogens is 284 g/mol. The zero-order valence-electron chi connectivity index (χ0n) is 10.7. The van der Waals surface area contributed by atoms with Gasteiger partial charge in [-0.05, 0) is 19.1 Å². The van der Waals surface area contributed by atoms with Crippen LogP contribution in [0.4, 0.5) is 5.13 Å². The van der Waals surface area contributed by atoms with Crippen molar-refractivity contribution in [3.05, 3.63) is 11.1 Å². The summed E-state index contributed by atoms with van der Waals surface area (Å²) in [5, 5.41) is 5.14. The molecule has 0 aliphatic carbocycles. The van der Waals surface area contributed by atoms with Gasteiger partial charge < -0.3 is 10.1 Å². The predicted octanol–water partition coefficient (Wildman–Crippen LogP) is 1.94. The molecule has 1 aliphatic rings. The molecule has 0 spiro atoms. The number of nitrogens with one attached hydrogen (secondary N) is 1. The lowest BCUT2D eigenvalue weighted by molar-refractivity contribution is -0.142. The van der Waals surface area contributed by atoms with Gasteiger partial charge in [-0.2, -0.15) is 11.8 Å². The van der Waals surface area contributed by atoms with Crippen LogP contribution in [0.2, 0.25) is 0 Å². The Balaban J connectivity index is 1.86. The maximum Gasteiger partial charge on any atom is 0.311 e. The Morgan fingerprint density at radius 2 is 2.42 bits per heavy atom. The van der Waals surface area contributed by atoms with Gasteiger partial charge in [0.2, 0.25) is 5.91 Å². The molecule has 1 aromatic rings. The molecule has 7 heteroatoms. The van der Waals surface area contributed by atoms with Crippen LogP contribution in [-0.2, 0) is 20.7 Å². The van der Waals surface area contributed by atoms with Gasteiger partial charge in [0.25, 0.3) is 0 Å². The number of rotatable bonds is 5. The number of nitrogens with zero attached hydrogens (tertiary/aromatic N) is 1. The number of hydrogen-bond acceptors (Lipinski definition) is 6. The van der Waals surface area contributed by atoms with Crippen LogP contribution in [0, 0.1) is 5.92 Å². The minimum atomic E-state index is -0.294. The fourth-order valence-corrected chi connectivity index (χ4v) is 3.69. The van der Waals surface area contributed by atoms with Crippen molar-refractivity contribution < 1.29 is 14.3 Å². The van der Waals surface area contributed by atoms with E-state index in [4.69, 9.17) is 4.74 Å². The third kappa shape index (κ3) is 4.21. The highest BCUT2D eigenvalue weighted by atomic mass is 32.2. The number of hydrogen-bond donors (Lipinski definition) is 1. The van der Waals surface area contributed by atoms with Crippen molar-refractivity contribution in [3.63, 3.8) is 0 Å². The fraction of sp³-hybridized carbons (Fsp3) is 0.583. The van der Waals surface area contributed by atoms with Crippen molar-refractivity contribution in [3.8, 4) is 0 Å². The van der Waals surface area contributed by atoms with E-state index in [1.807, 2.05) is 0 Å².